The average Bonchev–Trinajstić information content (AvgIpc) is 2.74. The van der Waals surface area contributed by atoms with Gasteiger partial charge in [0.15, 0.2) is 5.69 Å². The zero-order valence-electron chi connectivity index (χ0n) is 17.7. The Bertz CT molecular complexity index is 1040. The maximum absolute atomic E-state index is 13.4. The Labute approximate surface area is 183 Å². The maximum atomic E-state index is 13.4. The van der Waals surface area contributed by atoms with E-state index in [1.54, 1.807) is 0 Å². The van der Waals surface area contributed by atoms with Crippen LogP contribution in [0.2, 0.25) is 0 Å². The van der Waals surface area contributed by atoms with Gasteiger partial charge in [-0.15, -0.1) is 0 Å². The van der Waals surface area contributed by atoms with Gasteiger partial charge in [0.2, 0.25) is 11.3 Å². The fourth-order valence-electron chi connectivity index (χ4n) is 3.77. The van der Waals surface area contributed by atoms with Crippen LogP contribution in [0.25, 0.3) is 5.69 Å². The lowest BCUT2D eigenvalue weighted by atomic mass is 9.95. The van der Waals surface area contributed by atoms with Gasteiger partial charge in [-0.2, -0.15) is 18.3 Å². The molecule has 0 aliphatic heterocycles. The first-order valence-corrected chi connectivity index (χ1v) is 10.5. The molecule has 10 heteroatoms. The van der Waals surface area contributed by atoms with Crippen molar-refractivity contribution in [3.05, 3.63) is 57.5 Å². The van der Waals surface area contributed by atoms with E-state index in [9.17, 15) is 27.6 Å². The van der Waals surface area contributed by atoms with Crippen molar-refractivity contribution in [1.29, 1.82) is 0 Å². The normalized spacial score (nSPS) is 14.8. The van der Waals surface area contributed by atoms with Crippen molar-refractivity contribution in [1.82, 2.24) is 20.4 Å². The lowest BCUT2D eigenvalue weighted by molar-refractivity contribution is -0.137. The van der Waals surface area contributed by atoms with Crippen LogP contribution in [0.4, 0.5) is 13.2 Å². The zero-order valence-corrected chi connectivity index (χ0v) is 17.7. The second-order valence-corrected chi connectivity index (χ2v) is 7.83. The third-order valence-corrected chi connectivity index (χ3v) is 5.37. The Kier molecular flexibility index (Phi) is 7.32. The summed E-state index contributed by atoms with van der Waals surface area (Å²) in [5.41, 5.74) is -2.34. The number of nitrogens with zero attached hydrogens (tertiary/aromatic N) is 2. The molecule has 1 aliphatic rings. The van der Waals surface area contributed by atoms with Gasteiger partial charge in [-0.05, 0) is 31.9 Å². The van der Waals surface area contributed by atoms with Gasteiger partial charge >= 0.3 is 6.18 Å². The number of nitrogens with one attached hydrogen (secondary N) is 2. The van der Waals surface area contributed by atoms with Gasteiger partial charge in [-0.3, -0.25) is 14.4 Å². The topological polar surface area (TPSA) is 93.1 Å². The highest BCUT2D eigenvalue weighted by atomic mass is 19.4. The summed E-state index contributed by atoms with van der Waals surface area (Å²) in [5.74, 6) is -1.05. The van der Waals surface area contributed by atoms with E-state index in [1.807, 2.05) is 0 Å². The number of carbonyl (C=O) groups is 2. The molecule has 2 amide bonds. The summed E-state index contributed by atoms with van der Waals surface area (Å²) < 4.78 is 41.1. The van der Waals surface area contributed by atoms with Crippen LogP contribution in [0.5, 0.6) is 0 Å². The smallest absolute Gasteiger partial charge is 0.353 e. The molecule has 32 heavy (non-hydrogen) atoms. The van der Waals surface area contributed by atoms with Crippen molar-refractivity contribution in [2.75, 3.05) is 6.54 Å². The number of hydrogen-bond donors (Lipinski definition) is 2. The van der Waals surface area contributed by atoms with Gasteiger partial charge in [0.05, 0.1) is 11.3 Å². The minimum absolute atomic E-state index is 0.0223. The molecule has 0 unspecified atom stereocenters. The second kappa shape index (κ2) is 9.97. The van der Waals surface area contributed by atoms with E-state index in [2.05, 4.69) is 15.7 Å². The molecule has 0 spiro atoms. The molecule has 2 aromatic rings. The number of amides is 2. The van der Waals surface area contributed by atoms with E-state index in [0.717, 1.165) is 48.9 Å². The molecular formula is C22H25F3N4O3. The molecule has 1 aliphatic carbocycles. The number of benzene rings is 1. The van der Waals surface area contributed by atoms with Gasteiger partial charge in [-0.25, -0.2) is 4.68 Å². The number of aromatic nitrogens is 2. The van der Waals surface area contributed by atoms with E-state index >= 15 is 0 Å². The molecule has 1 aromatic heterocycles. The van der Waals surface area contributed by atoms with Crippen LogP contribution in [-0.2, 0) is 11.0 Å². The fourth-order valence-corrected chi connectivity index (χ4v) is 3.77. The fraction of sp³-hybridized carbons (Fsp3) is 0.455. The third kappa shape index (κ3) is 5.74. The van der Waals surface area contributed by atoms with Crippen molar-refractivity contribution in [2.45, 2.75) is 57.7 Å². The number of alkyl halides is 3. The Balaban J connectivity index is 1.71. The minimum atomic E-state index is -4.64. The number of halogens is 3. The summed E-state index contributed by atoms with van der Waals surface area (Å²) >= 11 is 0. The van der Waals surface area contributed by atoms with E-state index in [1.165, 1.54) is 25.1 Å². The molecular weight excluding hydrogens is 425 g/mol. The van der Waals surface area contributed by atoms with Crippen LogP contribution >= 0.6 is 0 Å². The molecule has 0 atom stereocenters. The van der Waals surface area contributed by atoms with Crippen LogP contribution in [0, 0.1) is 6.92 Å². The quantitative estimate of drug-likeness (QED) is 0.707. The molecule has 1 saturated carbocycles. The maximum Gasteiger partial charge on any atom is 0.418 e. The molecule has 7 nitrogen and oxygen atoms in total. The predicted molar refractivity (Wildman–Crippen MR) is 112 cm³/mol. The lowest BCUT2D eigenvalue weighted by Crippen LogP contribution is -2.39. The van der Waals surface area contributed by atoms with E-state index in [0.29, 0.717) is 0 Å². The number of rotatable bonds is 6. The minimum Gasteiger partial charge on any atom is -0.353 e. The SMILES string of the molecule is Cc1cc(=O)c(C(=O)NCCC(=O)NC2CCCCC2)nn1-c1ccccc1C(F)(F)F. The first kappa shape index (κ1) is 23.5. The van der Waals surface area contributed by atoms with Crippen molar-refractivity contribution in [3.63, 3.8) is 0 Å². The number of hydrogen-bond acceptors (Lipinski definition) is 4. The Hall–Kier alpha value is -3.17. The van der Waals surface area contributed by atoms with Crippen molar-refractivity contribution in [2.24, 2.45) is 0 Å². The van der Waals surface area contributed by atoms with E-state index in [4.69, 9.17) is 0 Å². The largest absolute Gasteiger partial charge is 0.418 e. The van der Waals surface area contributed by atoms with Gasteiger partial charge in [0.1, 0.15) is 0 Å². The van der Waals surface area contributed by atoms with Crippen LogP contribution in [0.1, 0.15) is 60.3 Å². The highest BCUT2D eigenvalue weighted by Gasteiger charge is 2.34. The molecule has 1 heterocycles. The van der Waals surface area contributed by atoms with Crippen LogP contribution < -0.4 is 16.1 Å². The first-order chi connectivity index (χ1) is 15.2. The van der Waals surface area contributed by atoms with Crippen molar-refractivity contribution >= 4 is 11.8 Å². The summed E-state index contributed by atoms with van der Waals surface area (Å²) in [6.07, 6.45) is 0.571. The molecule has 172 valence electrons. The van der Waals surface area contributed by atoms with Gasteiger partial charge in [-0.1, -0.05) is 31.4 Å². The summed E-state index contributed by atoms with van der Waals surface area (Å²) in [6.45, 7) is 1.41. The zero-order chi connectivity index (χ0) is 23.3. The molecule has 2 N–H and O–H groups in total. The number of para-hydroxylation sites is 1. The van der Waals surface area contributed by atoms with E-state index in [-0.39, 0.29) is 36.3 Å². The van der Waals surface area contributed by atoms with Gasteiger partial charge in [0, 0.05) is 30.8 Å². The van der Waals surface area contributed by atoms with Crippen molar-refractivity contribution in [3.8, 4) is 5.69 Å². The monoisotopic (exact) mass is 450 g/mol. The standard InChI is InChI=1S/C22H25F3N4O3/c1-14-13-18(30)20(28-29(14)17-10-6-5-9-16(17)22(23,24)25)21(32)26-12-11-19(31)27-15-7-3-2-4-8-15/h5-6,9-10,13,15H,2-4,7-8,11-12H2,1H3,(H,26,32)(H,27,31). The van der Waals surface area contributed by atoms with Gasteiger partial charge < -0.3 is 10.6 Å². The molecule has 1 fully saturated rings. The number of aryl methyl sites for hydroxylation is 1. The average molecular weight is 450 g/mol. The highest BCUT2D eigenvalue weighted by Crippen LogP contribution is 2.33. The Morgan fingerprint density at radius 1 is 1.16 bits per heavy atom. The van der Waals surface area contributed by atoms with Gasteiger partial charge in [0.25, 0.3) is 5.91 Å². The predicted octanol–water partition coefficient (Wildman–Crippen LogP) is 3.13. The lowest BCUT2D eigenvalue weighted by Gasteiger charge is -2.22. The second-order valence-electron chi connectivity index (χ2n) is 7.83. The van der Waals surface area contributed by atoms with Crippen LogP contribution in [0.3, 0.4) is 0 Å². The first-order valence-electron chi connectivity index (χ1n) is 10.5. The summed E-state index contributed by atoms with van der Waals surface area (Å²) in [7, 11) is 0. The van der Waals surface area contributed by atoms with Crippen molar-refractivity contribution < 1.29 is 22.8 Å². The number of carbonyl (C=O) groups excluding carboxylic acids is 2. The molecule has 3 rings (SSSR count). The highest BCUT2D eigenvalue weighted by molar-refractivity contribution is 5.92. The van der Waals surface area contributed by atoms with E-state index < -0.39 is 28.8 Å². The van der Waals surface area contributed by atoms with Crippen LogP contribution in [0.15, 0.2) is 35.1 Å². The molecule has 0 bridgehead atoms. The summed E-state index contributed by atoms with van der Waals surface area (Å²) in [6, 6.07) is 5.98. The molecule has 1 aromatic carbocycles. The molecule has 0 radical (unpaired) electrons. The summed E-state index contributed by atoms with van der Waals surface area (Å²) in [5, 5.41) is 9.28. The third-order valence-electron chi connectivity index (χ3n) is 5.37. The van der Waals surface area contributed by atoms with Crippen LogP contribution in [-0.4, -0.2) is 34.2 Å². The Morgan fingerprint density at radius 3 is 2.53 bits per heavy atom. The summed E-state index contributed by atoms with van der Waals surface area (Å²) in [4.78, 5) is 36.8. The Morgan fingerprint density at radius 2 is 1.84 bits per heavy atom. The molecule has 0 saturated heterocycles.